The first kappa shape index (κ1) is 17.5. The van der Waals surface area contributed by atoms with E-state index in [9.17, 15) is 0 Å². The number of ether oxygens (including phenoxy) is 2. The van der Waals surface area contributed by atoms with Crippen molar-refractivity contribution in [2.45, 2.75) is 59.0 Å². The molecule has 0 bridgehead atoms. The zero-order chi connectivity index (χ0) is 14.3. The third-order valence-corrected chi connectivity index (χ3v) is 5.24. The average molecular weight is 335 g/mol. The molecule has 1 saturated carbocycles. The maximum absolute atomic E-state index is 6.16. The van der Waals surface area contributed by atoms with Crippen molar-refractivity contribution in [2.24, 2.45) is 17.8 Å². The first-order valence-electron chi connectivity index (χ1n) is 7.77. The Hall–Kier alpha value is 0.400. The van der Waals surface area contributed by atoms with Crippen LogP contribution < -0.4 is 0 Å². The summed E-state index contributed by atoms with van der Waals surface area (Å²) >= 11 is 3.65. The summed E-state index contributed by atoms with van der Waals surface area (Å²) in [7, 11) is 0. The third kappa shape index (κ3) is 6.14. The molecule has 0 aliphatic heterocycles. The molecule has 0 radical (unpaired) electrons. The summed E-state index contributed by atoms with van der Waals surface area (Å²) in [5, 5.41) is 0.953. The summed E-state index contributed by atoms with van der Waals surface area (Å²) in [6, 6.07) is 0. The van der Waals surface area contributed by atoms with Crippen molar-refractivity contribution in [3.05, 3.63) is 0 Å². The quantitative estimate of drug-likeness (QED) is 0.475. The van der Waals surface area contributed by atoms with E-state index in [1.165, 1.54) is 25.7 Å². The van der Waals surface area contributed by atoms with Gasteiger partial charge in [0.25, 0.3) is 0 Å². The molecule has 1 fully saturated rings. The van der Waals surface area contributed by atoms with Gasteiger partial charge in [-0.05, 0) is 43.4 Å². The van der Waals surface area contributed by atoms with Crippen LogP contribution in [0.25, 0.3) is 0 Å². The predicted octanol–water partition coefficient (Wildman–Crippen LogP) is 4.66. The van der Waals surface area contributed by atoms with Crippen LogP contribution in [0.4, 0.5) is 0 Å². The van der Waals surface area contributed by atoms with Crippen LogP contribution in [0.5, 0.6) is 0 Å². The molecule has 0 aromatic heterocycles. The van der Waals surface area contributed by atoms with Gasteiger partial charge in [-0.1, -0.05) is 43.6 Å². The Kier molecular flexibility index (Phi) is 7.93. The molecule has 0 spiro atoms. The van der Waals surface area contributed by atoms with Crippen molar-refractivity contribution >= 4 is 15.9 Å². The summed E-state index contributed by atoms with van der Waals surface area (Å²) in [6.45, 7) is 11.3. The van der Waals surface area contributed by atoms with Crippen molar-refractivity contribution in [1.82, 2.24) is 0 Å². The molecule has 0 heterocycles. The van der Waals surface area contributed by atoms with Gasteiger partial charge in [0.15, 0.2) is 0 Å². The van der Waals surface area contributed by atoms with Crippen LogP contribution in [0.2, 0.25) is 0 Å². The van der Waals surface area contributed by atoms with E-state index in [0.29, 0.717) is 5.92 Å². The van der Waals surface area contributed by atoms with Crippen LogP contribution in [0.15, 0.2) is 0 Å². The fraction of sp³-hybridized carbons (Fsp3) is 1.00. The van der Waals surface area contributed by atoms with Gasteiger partial charge in [0, 0.05) is 11.9 Å². The molecule has 1 rings (SSSR count). The zero-order valence-electron chi connectivity index (χ0n) is 13.1. The Morgan fingerprint density at radius 1 is 1.11 bits per heavy atom. The fourth-order valence-electron chi connectivity index (χ4n) is 2.79. The Bertz CT molecular complexity index is 233. The number of halogens is 1. The lowest BCUT2D eigenvalue weighted by atomic mass is 9.75. The van der Waals surface area contributed by atoms with Crippen molar-refractivity contribution in [2.75, 3.05) is 25.2 Å². The van der Waals surface area contributed by atoms with Gasteiger partial charge in [0.2, 0.25) is 0 Å². The van der Waals surface area contributed by atoms with E-state index in [1.54, 1.807) is 0 Å². The molecule has 0 amide bonds. The third-order valence-electron chi connectivity index (χ3n) is 4.21. The van der Waals surface area contributed by atoms with Crippen LogP contribution >= 0.6 is 15.9 Å². The maximum atomic E-state index is 6.16. The fourth-order valence-corrected chi connectivity index (χ4v) is 3.51. The molecule has 0 atom stereocenters. The monoisotopic (exact) mass is 334 g/mol. The van der Waals surface area contributed by atoms with E-state index in [0.717, 1.165) is 37.0 Å². The van der Waals surface area contributed by atoms with Gasteiger partial charge in [-0.2, -0.15) is 0 Å². The molecule has 0 saturated heterocycles. The lowest BCUT2D eigenvalue weighted by Gasteiger charge is -2.40. The van der Waals surface area contributed by atoms with Gasteiger partial charge >= 0.3 is 0 Å². The molecule has 0 aromatic carbocycles. The Morgan fingerprint density at radius 3 is 2.21 bits per heavy atom. The van der Waals surface area contributed by atoms with E-state index in [1.807, 2.05) is 0 Å². The van der Waals surface area contributed by atoms with Crippen LogP contribution in [-0.4, -0.2) is 30.8 Å². The first-order chi connectivity index (χ1) is 8.99. The van der Waals surface area contributed by atoms with Crippen LogP contribution in [0.3, 0.4) is 0 Å². The smallest absolute Gasteiger partial charge is 0.0780 e. The summed E-state index contributed by atoms with van der Waals surface area (Å²) in [5.41, 5.74) is 0.0621. The van der Waals surface area contributed by atoms with Crippen molar-refractivity contribution in [3.8, 4) is 0 Å². The minimum atomic E-state index is 0.0621. The summed E-state index contributed by atoms with van der Waals surface area (Å²) in [5.74, 6) is 2.29. The highest BCUT2D eigenvalue weighted by Crippen LogP contribution is 2.39. The number of hydrogen-bond donors (Lipinski definition) is 0. The van der Waals surface area contributed by atoms with Gasteiger partial charge in [0.05, 0.1) is 18.8 Å². The lowest BCUT2D eigenvalue weighted by Crippen LogP contribution is -2.40. The Labute approximate surface area is 127 Å². The lowest BCUT2D eigenvalue weighted by molar-refractivity contribution is -0.0827. The molecule has 1 aliphatic carbocycles. The van der Waals surface area contributed by atoms with E-state index in [-0.39, 0.29) is 5.60 Å². The molecule has 114 valence electrons. The molecule has 0 N–H and O–H groups in total. The summed E-state index contributed by atoms with van der Waals surface area (Å²) < 4.78 is 11.8. The SMILES string of the molecule is CC(C)COCCOC1(CBr)CCC(C(C)C)CC1. The average Bonchev–Trinajstić information content (AvgIpc) is 2.38. The van der Waals surface area contributed by atoms with Gasteiger partial charge in [0.1, 0.15) is 0 Å². The van der Waals surface area contributed by atoms with E-state index >= 15 is 0 Å². The second kappa shape index (κ2) is 8.63. The van der Waals surface area contributed by atoms with Gasteiger partial charge in [-0.15, -0.1) is 0 Å². The van der Waals surface area contributed by atoms with Crippen molar-refractivity contribution in [1.29, 1.82) is 0 Å². The van der Waals surface area contributed by atoms with Crippen LogP contribution in [0, 0.1) is 17.8 Å². The van der Waals surface area contributed by atoms with Crippen molar-refractivity contribution < 1.29 is 9.47 Å². The summed E-state index contributed by atoms with van der Waals surface area (Å²) in [4.78, 5) is 0. The Morgan fingerprint density at radius 2 is 1.74 bits per heavy atom. The van der Waals surface area contributed by atoms with Gasteiger partial charge < -0.3 is 9.47 Å². The molecular weight excluding hydrogens is 304 g/mol. The van der Waals surface area contributed by atoms with Crippen molar-refractivity contribution in [3.63, 3.8) is 0 Å². The minimum Gasteiger partial charge on any atom is -0.379 e. The highest BCUT2D eigenvalue weighted by Gasteiger charge is 2.35. The maximum Gasteiger partial charge on any atom is 0.0780 e. The molecule has 0 unspecified atom stereocenters. The normalized spacial score (nSPS) is 28.3. The zero-order valence-corrected chi connectivity index (χ0v) is 14.7. The molecule has 0 aromatic rings. The highest BCUT2D eigenvalue weighted by molar-refractivity contribution is 9.09. The van der Waals surface area contributed by atoms with E-state index in [2.05, 4.69) is 43.6 Å². The molecule has 19 heavy (non-hydrogen) atoms. The summed E-state index contributed by atoms with van der Waals surface area (Å²) in [6.07, 6.45) is 4.97. The van der Waals surface area contributed by atoms with Gasteiger partial charge in [-0.25, -0.2) is 0 Å². The predicted molar refractivity (Wildman–Crippen MR) is 84.9 cm³/mol. The number of rotatable bonds is 8. The Balaban J connectivity index is 2.25. The van der Waals surface area contributed by atoms with Crippen LogP contribution in [0.1, 0.15) is 53.4 Å². The second-order valence-corrected chi connectivity index (χ2v) is 7.28. The topological polar surface area (TPSA) is 18.5 Å². The van der Waals surface area contributed by atoms with Crippen LogP contribution in [-0.2, 0) is 9.47 Å². The first-order valence-corrected chi connectivity index (χ1v) is 8.89. The largest absolute Gasteiger partial charge is 0.379 e. The van der Waals surface area contributed by atoms with E-state index in [4.69, 9.17) is 9.47 Å². The van der Waals surface area contributed by atoms with Gasteiger partial charge in [-0.3, -0.25) is 0 Å². The molecule has 1 aliphatic rings. The molecule has 3 heteroatoms. The molecular formula is C16H31BrO2. The standard InChI is InChI=1S/C16H31BrO2/c1-13(2)11-18-9-10-19-16(12-17)7-5-15(6-8-16)14(3)4/h13-15H,5-12H2,1-4H3. The molecule has 2 nitrogen and oxygen atoms in total. The van der Waals surface area contributed by atoms with E-state index < -0.39 is 0 Å². The number of alkyl halides is 1. The second-order valence-electron chi connectivity index (χ2n) is 6.72. The number of hydrogen-bond acceptors (Lipinski definition) is 2. The minimum absolute atomic E-state index is 0.0621. The highest BCUT2D eigenvalue weighted by atomic mass is 79.9.